The lowest BCUT2D eigenvalue weighted by Crippen LogP contribution is -2.66. The number of aliphatic hydroxyl groups excluding tert-OH is 11. The van der Waals surface area contributed by atoms with E-state index in [9.17, 15) is 61.0 Å². The Morgan fingerprint density at radius 2 is 0.914 bits per heavy atom. The van der Waals surface area contributed by atoms with Crippen LogP contribution in [0.5, 0.6) is 0 Å². The SMILES string of the molecule is CCCCCCCC/C=C/CC/C=C/CC/C=C/C(O)C(COC1OC(CO)C(OC2OC(CO)C(OC3OC(CO)C(O)C(O)C3O)C(O)C2O)C(O)C1O)NC(=O)CCCCCCCCCCC. The predicted molar refractivity (Wildman–Crippen MR) is 259 cm³/mol. The van der Waals surface area contributed by atoms with Gasteiger partial charge in [0.15, 0.2) is 18.9 Å². The summed E-state index contributed by atoms with van der Waals surface area (Å²) in [5.74, 6) is -0.296. The summed E-state index contributed by atoms with van der Waals surface area (Å²) in [5, 5.41) is 119. The van der Waals surface area contributed by atoms with Crippen LogP contribution in [-0.2, 0) is 33.2 Å². The molecule has 3 rings (SSSR count). The van der Waals surface area contributed by atoms with Crippen LogP contribution in [0.2, 0.25) is 0 Å². The number of rotatable bonds is 36. The molecule has 12 N–H and O–H groups in total. The maximum atomic E-state index is 13.2. The average Bonchev–Trinajstić information content (AvgIpc) is 3.35. The molecular formula is C51H91NO18. The molecule has 0 saturated carbocycles. The lowest BCUT2D eigenvalue weighted by Gasteiger charge is -2.48. The summed E-state index contributed by atoms with van der Waals surface area (Å²) >= 11 is 0. The third kappa shape index (κ3) is 21.5. The molecule has 0 spiro atoms. The van der Waals surface area contributed by atoms with Crippen LogP contribution in [0.3, 0.4) is 0 Å². The fourth-order valence-corrected chi connectivity index (χ4v) is 8.75. The first kappa shape index (κ1) is 62.3. The Morgan fingerprint density at radius 1 is 0.500 bits per heavy atom. The second-order valence-corrected chi connectivity index (χ2v) is 19.0. The maximum absolute atomic E-state index is 13.2. The molecule has 3 fully saturated rings. The smallest absolute Gasteiger partial charge is 0.220 e. The highest BCUT2D eigenvalue weighted by atomic mass is 16.8. The van der Waals surface area contributed by atoms with E-state index < -0.39 is 124 Å². The second-order valence-electron chi connectivity index (χ2n) is 19.0. The van der Waals surface area contributed by atoms with Crippen LogP contribution in [0.1, 0.15) is 149 Å². The first-order valence-electron chi connectivity index (χ1n) is 26.2. The monoisotopic (exact) mass is 1010 g/mol. The number of nitrogens with one attached hydrogen (secondary N) is 1. The standard InChI is InChI=1S/C51H91NO18/c1-3-5-7-9-11-13-14-15-16-17-18-19-21-22-24-26-28-35(56)34(52-39(57)29-27-25-23-20-12-10-8-6-4-2)33-65-49-45(63)42(60)47(37(31-54)67-49)70-51-46(64)43(61)48(38(32-55)68-51)69-50-44(62)41(59)40(58)36(30-53)66-50/h15-16,19,21,26,28,34-38,40-51,53-56,58-64H,3-14,17-18,20,22-25,27,29-33H2,1-2H3,(H,52,57)/b16-15+,21-19+,28-26+. The normalized spacial score (nSPS) is 32.8. The van der Waals surface area contributed by atoms with Gasteiger partial charge in [-0.15, -0.1) is 0 Å². The number of amides is 1. The minimum atomic E-state index is -1.98. The van der Waals surface area contributed by atoms with E-state index >= 15 is 0 Å². The molecule has 70 heavy (non-hydrogen) atoms. The second kappa shape index (κ2) is 36.0. The Balaban J connectivity index is 1.57. The van der Waals surface area contributed by atoms with E-state index in [1.54, 1.807) is 6.08 Å². The average molecular weight is 1010 g/mol. The first-order chi connectivity index (χ1) is 33.8. The minimum Gasteiger partial charge on any atom is -0.394 e. The molecule has 0 aromatic heterocycles. The molecule has 19 nitrogen and oxygen atoms in total. The van der Waals surface area contributed by atoms with Crippen molar-refractivity contribution >= 4 is 5.91 Å². The Morgan fingerprint density at radius 3 is 1.43 bits per heavy atom. The molecule has 408 valence electrons. The lowest BCUT2D eigenvalue weighted by molar-refractivity contribution is -0.379. The Hall–Kier alpha value is -1.99. The van der Waals surface area contributed by atoms with Gasteiger partial charge in [0.2, 0.25) is 5.91 Å². The van der Waals surface area contributed by atoms with Crippen molar-refractivity contribution in [1.29, 1.82) is 0 Å². The van der Waals surface area contributed by atoms with Gasteiger partial charge in [0.1, 0.15) is 73.2 Å². The van der Waals surface area contributed by atoms with E-state index in [-0.39, 0.29) is 18.9 Å². The fourth-order valence-electron chi connectivity index (χ4n) is 8.75. The molecule has 17 unspecified atom stereocenters. The Bertz CT molecular complexity index is 1440. The van der Waals surface area contributed by atoms with Crippen LogP contribution in [-0.4, -0.2) is 193 Å². The zero-order valence-corrected chi connectivity index (χ0v) is 41.7. The maximum Gasteiger partial charge on any atom is 0.220 e. The Labute approximate surface area is 415 Å². The van der Waals surface area contributed by atoms with Crippen LogP contribution < -0.4 is 5.32 Å². The van der Waals surface area contributed by atoms with Gasteiger partial charge in [0.25, 0.3) is 0 Å². The number of hydrogen-bond donors (Lipinski definition) is 12. The van der Waals surface area contributed by atoms with Gasteiger partial charge < -0.3 is 89.9 Å². The zero-order chi connectivity index (χ0) is 51.3. The van der Waals surface area contributed by atoms with Crippen LogP contribution in [0.15, 0.2) is 36.5 Å². The van der Waals surface area contributed by atoms with Gasteiger partial charge in [0, 0.05) is 6.42 Å². The molecule has 17 atom stereocenters. The molecule has 0 aliphatic carbocycles. The summed E-state index contributed by atoms with van der Waals surface area (Å²) in [6.45, 7) is 1.61. The fraction of sp³-hybridized carbons (Fsp3) is 0.863. The molecule has 3 heterocycles. The van der Waals surface area contributed by atoms with Crippen LogP contribution >= 0.6 is 0 Å². The number of hydrogen-bond acceptors (Lipinski definition) is 18. The molecule has 19 heteroatoms. The highest BCUT2D eigenvalue weighted by Crippen LogP contribution is 2.33. The molecule has 1 amide bonds. The van der Waals surface area contributed by atoms with E-state index in [1.165, 1.54) is 70.6 Å². The van der Waals surface area contributed by atoms with Gasteiger partial charge in [-0.3, -0.25) is 4.79 Å². The van der Waals surface area contributed by atoms with Gasteiger partial charge in [-0.1, -0.05) is 134 Å². The van der Waals surface area contributed by atoms with Crippen molar-refractivity contribution in [3.05, 3.63) is 36.5 Å². The van der Waals surface area contributed by atoms with Crippen molar-refractivity contribution in [2.75, 3.05) is 26.4 Å². The van der Waals surface area contributed by atoms with Gasteiger partial charge >= 0.3 is 0 Å². The summed E-state index contributed by atoms with van der Waals surface area (Å²) in [6.07, 6.45) is 7.33. The minimum absolute atomic E-state index is 0.232. The highest BCUT2D eigenvalue weighted by molar-refractivity contribution is 5.76. The van der Waals surface area contributed by atoms with Crippen molar-refractivity contribution in [1.82, 2.24) is 5.32 Å². The third-order valence-corrected chi connectivity index (χ3v) is 13.2. The molecule has 0 radical (unpaired) electrons. The summed E-state index contributed by atoms with van der Waals surface area (Å²) < 4.78 is 34.1. The summed E-state index contributed by atoms with van der Waals surface area (Å²) in [6, 6.07) is -0.990. The van der Waals surface area contributed by atoms with Crippen molar-refractivity contribution in [2.24, 2.45) is 0 Å². The predicted octanol–water partition coefficient (Wildman–Crippen LogP) is 2.20. The third-order valence-electron chi connectivity index (χ3n) is 13.2. The number of aliphatic hydroxyl groups is 11. The summed E-state index contributed by atoms with van der Waals surface area (Å²) in [4.78, 5) is 13.2. The van der Waals surface area contributed by atoms with Gasteiger partial charge in [-0.05, 0) is 44.9 Å². The van der Waals surface area contributed by atoms with Crippen LogP contribution in [0.25, 0.3) is 0 Å². The zero-order valence-electron chi connectivity index (χ0n) is 41.7. The molecule has 3 aliphatic heterocycles. The van der Waals surface area contributed by atoms with E-state index in [2.05, 4.69) is 43.5 Å². The molecule has 0 aromatic carbocycles. The number of allylic oxidation sites excluding steroid dienone is 5. The highest BCUT2D eigenvalue weighted by Gasteiger charge is 2.53. The molecule has 3 aliphatic rings. The summed E-state index contributed by atoms with van der Waals surface area (Å²) in [5.41, 5.74) is 0. The quantitative estimate of drug-likeness (QED) is 0.0316. The van der Waals surface area contributed by atoms with E-state index in [1.807, 2.05) is 6.08 Å². The summed E-state index contributed by atoms with van der Waals surface area (Å²) in [7, 11) is 0. The van der Waals surface area contributed by atoms with E-state index in [0.717, 1.165) is 44.9 Å². The molecule has 0 aromatic rings. The van der Waals surface area contributed by atoms with E-state index in [0.29, 0.717) is 12.8 Å². The van der Waals surface area contributed by atoms with E-state index in [4.69, 9.17) is 28.4 Å². The number of unbranched alkanes of at least 4 members (excludes halogenated alkanes) is 16. The number of carbonyl (C=O) groups is 1. The number of carbonyl (C=O) groups excluding carboxylic acids is 1. The van der Waals surface area contributed by atoms with Crippen molar-refractivity contribution in [3.63, 3.8) is 0 Å². The van der Waals surface area contributed by atoms with Crippen molar-refractivity contribution in [3.8, 4) is 0 Å². The largest absolute Gasteiger partial charge is 0.394 e. The van der Waals surface area contributed by atoms with Gasteiger partial charge in [-0.25, -0.2) is 0 Å². The van der Waals surface area contributed by atoms with Crippen LogP contribution in [0.4, 0.5) is 0 Å². The van der Waals surface area contributed by atoms with Gasteiger partial charge in [-0.2, -0.15) is 0 Å². The molecule has 0 bridgehead atoms. The molecular weight excluding hydrogens is 915 g/mol. The molecule has 3 saturated heterocycles. The number of ether oxygens (including phenoxy) is 6. The first-order valence-corrected chi connectivity index (χ1v) is 26.2. The topological polar surface area (TPSA) is 307 Å². The Kier molecular flexibility index (Phi) is 32.1. The van der Waals surface area contributed by atoms with Crippen molar-refractivity contribution < 1.29 is 89.4 Å². The van der Waals surface area contributed by atoms with Gasteiger partial charge in [0.05, 0.1) is 38.6 Å². The lowest BCUT2D eigenvalue weighted by atomic mass is 9.96. The van der Waals surface area contributed by atoms with Crippen LogP contribution in [0, 0.1) is 0 Å². The van der Waals surface area contributed by atoms with Crippen molar-refractivity contribution in [2.45, 2.75) is 253 Å².